The first-order chi connectivity index (χ1) is 13.6. The van der Waals surface area contributed by atoms with Crippen molar-refractivity contribution in [1.29, 1.82) is 0 Å². The molecule has 2 aromatic carbocycles. The standard InChI is InChI=1S/C23H24N2O3/c1-2-24-17-12-7-6-11-16(17)23(22(24)28)20(21(26)27)19(15-9-4-3-5-10-15)18-13-8-14-25(18)23/h3-7,9-12,18-20H,2,8,13-14H2,1H3,(H,26,27)/t18-,19-,20-,23+/m1/s1. The van der Waals surface area contributed by atoms with Crippen molar-refractivity contribution in [2.45, 2.75) is 37.3 Å². The molecule has 0 bridgehead atoms. The number of benzene rings is 2. The number of amides is 1. The highest BCUT2D eigenvalue weighted by Crippen LogP contribution is 2.61. The van der Waals surface area contributed by atoms with Crippen molar-refractivity contribution >= 4 is 17.6 Å². The third kappa shape index (κ3) is 2.00. The zero-order valence-corrected chi connectivity index (χ0v) is 15.9. The normalized spacial score (nSPS) is 31.4. The molecule has 0 radical (unpaired) electrons. The van der Waals surface area contributed by atoms with Gasteiger partial charge in [-0.2, -0.15) is 0 Å². The van der Waals surface area contributed by atoms with Gasteiger partial charge in [-0.1, -0.05) is 48.5 Å². The van der Waals surface area contributed by atoms with Gasteiger partial charge in [-0.25, -0.2) is 0 Å². The molecule has 5 heteroatoms. The van der Waals surface area contributed by atoms with Gasteiger partial charge in [0.15, 0.2) is 0 Å². The SMILES string of the molecule is CCN1C(=O)[C@]2(c3ccccc31)[C@@H](C(=O)O)[C@H](c1ccccc1)[C@H]1CCCN12. The summed E-state index contributed by atoms with van der Waals surface area (Å²) in [7, 11) is 0. The highest BCUT2D eigenvalue weighted by atomic mass is 16.4. The van der Waals surface area contributed by atoms with Crippen molar-refractivity contribution in [2.75, 3.05) is 18.0 Å². The first-order valence-electron chi connectivity index (χ1n) is 10.1. The Morgan fingerprint density at radius 2 is 1.86 bits per heavy atom. The number of fused-ring (bicyclic) bond motifs is 4. The Labute approximate surface area is 164 Å². The van der Waals surface area contributed by atoms with Gasteiger partial charge in [-0.3, -0.25) is 14.5 Å². The van der Waals surface area contributed by atoms with Gasteiger partial charge in [0.05, 0.1) is 5.92 Å². The molecule has 3 heterocycles. The molecule has 1 amide bonds. The Hall–Kier alpha value is -2.66. The lowest BCUT2D eigenvalue weighted by Gasteiger charge is -2.36. The number of anilines is 1. The Morgan fingerprint density at radius 3 is 2.57 bits per heavy atom. The number of carbonyl (C=O) groups excluding carboxylic acids is 1. The first kappa shape index (κ1) is 17.4. The zero-order valence-electron chi connectivity index (χ0n) is 15.9. The monoisotopic (exact) mass is 376 g/mol. The predicted molar refractivity (Wildman–Crippen MR) is 106 cm³/mol. The maximum absolute atomic E-state index is 13.9. The number of likely N-dealkylation sites (N-methyl/N-ethyl adjacent to an activating group) is 1. The molecule has 1 spiro atoms. The summed E-state index contributed by atoms with van der Waals surface area (Å²) in [6, 6.07) is 17.7. The van der Waals surface area contributed by atoms with Crippen LogP contribution >= 0.6 is 0 Å². The fraction of sp³-hybridized carbons (Fsp3) is 0.391. The van der Waals surface area contributed by atoms with E-state index < -0.39 is 17.4 Å². The van der Waals surface area contributed by atoms with Crippen LogP contribution < -0.4 is 4.90 Å². The quantitative estimate of drug-likeness (QED) is 0.894. The Bertz CT molecular complexity index is 944. The fourth-order valence-electron chi connectivity index (χ4n) is 6.04. The van der Waals surface area contributed by atoms with E-state index in [0.717, 1.165) is 36.2 Å². The van der Waals surface area contributed by atoms with Crippen LogP contribution in [0.25, 0.3) is 0 Å². The Morgan fingerprint density at radius 1 is 1.14 bits per heavy atom. The highest BCUT2D eigenvalue weighted by molar-refractivity contribution is 6.10. The molecule has 3 aliphatic rings. The Kier molecular flexibility index (Phi) is 3.85. The summed E-state index contributed by atoms with van der Waals surface area (Å²) in [5.41, 5.74) is 1.63. The third-order valence-corrected chi connectivity index (χ3v) is 6.92. The molecule has 2 fully saturated rings. The van der Waals surface area contributed by atoms with Gasteiger partial charge in [-0.05, 0) is 37.9 Å². The van der Waals surface area contributed by atoms with E-state index in [9.17, 15) is 14.7 Å². The van der Waals surface area contributed by atoms with Crippen LogP contribution in [0.4, 0.5) is 5.69 Å². The van der Waals surface area contributed by atoms with Crippen LogP contribution in [0, 0.1) is 5.92 Å². The Balaban J connectivity index is 1.79. The molecule has 0 aliphatic carbocycles. The van der Waals surface area contributed by atoms with Crippen molar-refractivity contribution in [2.24, 2.45) is 5.92 Å². The van der Waals surface area contributed by atoms with Gasteiger partial charge in [0, 0.05) is 29.8 Å². The summed E-state index contributed by atoms with van der Waals surface area (Å²) >= 11 is 0. The largest absolute Gasteiger partial charge is 0.481 e. The van der Waals surface area contributed by atoms with Crippen LogP contribution in [0.1, 0.15) is 36.8 Å². The summed E-state index contributed by atoms with van der Waals surface area (Å²) in [6.45, 7) is 3.25. The minimum atomic E-state index is -1.11. The molecule has 0 aromatic heterocycles. The van der Waals surface area contributed by atoms with E-state index in [1.807, 2.05) is 61.5 Å². The molecule has 28 heavy (non-hydrogen) atoms. The number of hydrogen-bond donors (Lipinski definition) is 1. The van der Waals surface area contributed by atoms with Crippen LogP contribution in [-0.4, -0.2) is 41.0 Å². The molecule has 4 atom stereocenters. The van der Waals surface area contributed by atoms with Gasteiger partial charge < -0.3 is 10.0 Å². The van der Waals surface area contributed by atoms with Crippen molar-refractivity contribution in [3.8, 4) is 0 Å². The van der Waals surface area contributed by atoms with Crippen molar-refractivity contribution in [3.63, 3.8) is 0 Å². The average Bonchev–Trinajstić information content (AvgIpc) is 3.35. The minimum absolute atomic E-state index is 0.0670. The summed E-state index contributed by atoms with van der Waals surface area (Å²) < 4.78 is 0. The van der Waals surface area contributed by atoms with Crippen LogP contribution in [0.5, 0.6) is 0 Å². The molecular weight excluding hydrogens is 352 g/mol. The zero-order chi connectivity index (χ0) is 19.5. The maximum atomic E-state index is 13.9. The van der Waals surface area contributed by atoms with E-state index in [0.29, 0.717) is 6.54 Å². The number of hydrogen-bond acceptors (Lipinski definition) is 3. The molecule has 3 aliphatic heterocycles. The van der Waals surface area contributed by atoms with Crippen LogP contribution in [0.15, 0.2) is 54.6 Å². The van der Waals surface area contributed by atoms with E-state index in [2.05, 4.69) is 4.90 Å². The molecule has 0 unspecified atom stereocenters. The number of carboxylic acids is 1. The minimum Gasteiger partial charge on any atom is -0.481 e. The molecule has 2 saturated heterocycles. The molecule has 5 nitrogen and oxygen atoms in total. The summed E-state index contributed by atoms with van der Waals surface area (Å²) in [5.74, 6) is -1.96. The molecule has 144 valence electrons. The fourth-order valence-corrected chi connectivity index (χ4v) is 6.04. The van der Waals surface area contributed by atoms with Crippen molar-refractivity contribution in [3.05, 3.63) is 65.7 Å². The summed E-state index contributed by atoms with van der Waals surface area (Å²) in [6.07, 6.45) is 1.91. The molecule has 1 N–H and O–H groups in total. The van der Waals surface area contributed by atoms with Crippen molar-refractivity contribution in [1.82, 2.24) is 4.90 Å². The predicted octanol–water partition coefficient (Wildman–Crippen LogP) is 3.21. The van der Waals surface area contributed by atoms with Crippen LogP contribution in [0.3, 0.4) is 0 Å². The van der Waals surface area contributed by atoms with Crippen molar-refractivity contribution < 1.29 is 14.7 Å². The molecule has 0 saturated carbocycles. The second kappa shape index (κ2) is 6.17. The van der Waals surface area contributed by atoms with Gasteiger partial charge >= 0.3 is 5.97 Å². The maximum Gasteiger partial charge on any atom is 0.309 e. The lowest BCUT2D eigenvalue weighted by Crippen LogP contribution is -2.55. The topological polar surface area (TPSA) is 60.9 Å². The number of aliphatic carboxylic acids is 1. The van der Waals surface area contributed by atoms with E-state index in [1.54, 1.807) is 4.90 Å². The van der Waals surface area contributed by atoms with Crippen LogP contribution in [0.2, 0.25) is 0 Å². The summed E-state index contributed by atoms with van der Waals surface area (Å²) in [5, 5.41) is 10.4. The lowest BCUT2D eigenvalue weighted by atomic mass is 9.72. The first-order valence-corrected chi connectivity index (χ1v) is 10.1. The molecular formula is C23H24N2O3. The van der Waals surface area contributed by atoms with Crippen LogP contribution in [-0.2, 0) is 15.1 Å². The molecule has 2 aromatic rings. The van der Waals surface area contributed by atoms with E-state index in [4.69, 9.17) is 0 Å². The number of rotatable bonds is 3. The number of para-hydroxylation sites is 1. The number of carbonyl (C=O) groups is 2. The van der Waals surface area contributed by atoms with Gasteiger partial charge in [0.25, 0.3) is 5.91 Å². The van der Waals surface area contributed by atoms with E-state index in [1.165, 1.54) is 0 Å². The highest BCUT2D eigenvalue weighted by Gasteiger charge is 2.70. The second-order valence-electron chi connectivity index (χ2n) is 7.99. The number of carboxylic acid groups (broad SMARTS) is 1. The van der Waals surface area contributed by atoms with Gasteiger partial charge in [-0.15, -0.1) is 0 Å². The van der Waals surface area contributed by atoms with Gasteiger partial charge in [0.2, 0.25) is 0 Å². The van der Waals surface area contributed by atoms with Gasteiger partial charge in [0.1, 0.15) is 5.54 Å². The lowest BCUT2D eigenvalue weighted by molar-refractivity contribution is -0.150. The third-order valence-electron chi connectivity index (χ3n) is 6.92. The average molecular weight is 376 g/mol. The molecule has 5 rings (SSSR count). The van der Waals surface area contributed by atoms with E-state index >= 15 is 0 Å². The second-order valence-corrected chi connectivity index (χ2v) is 7.99. The number of nitrogens with zero attached hydrogens (tertiary/aromatic N) is 2. The smallest absolute Gasteiger partial charge is 0.309 e. The van der Waals surface area contributed by atoms with E-state index in [-0.39, 0.29) is 17.9 Å². The summed E-state index contributed by atoms with van der Waals surface area (Å²) in [4.78, 5) is 30.6.